The molecule has 1 aromatic heterocycles. The number of halogens is 1. The van der Waals surface area contributed by atoms with E-state index < -0.39 is 11.8 Å². The number of aromatic nitrogens is 1. The Hall–Kier alpha value is -2.63. The van der Waals surface area contributed by atoms with Gasteiger partial charge in [0.05, 0.1) is 12.1 Å². The molecule has 0 atom stereocenters. The van der Waals surface area contributed by atoms with Gasteiger partial charge < -0.3 is 4.74 Å². The van der Waals surface area contributed by atoms with Crippen molar-refractivity contribution >= 4 is 22.7 Å². The summed E-state index contributed by atoms with van der Waals surface area (Å²) in [6, 6.07) is 6.08. The Balaban J connectivity index is 2.09. The van der Waals surface area contributed by atoms with Crippen LogP contribution in [0.4, 0.5) is 4.39 Å². The summed E-state index contributed by atoms with van der Waals surface area (Å²) in [5.41, 5.74) is 4.48. The molecule has 1 heterocycles. The number of benzene rings is 1. The Morgan fingerprint density at radius 2 is 2.22 bits per heavy atom. The van der Waals surface area contributed by atoms with Crippen molar-refractivity contribution in [2.45, 2.75) is 26.2 Å². The fourth-order valence-electron chi connectivity index (χ4n) is 2.69. The molecule has 0 saturated heterocycles. The lowest BCUT2D eigenvalue weighted by atomic mass is 10.0. The molecule has 0 aliphatic heterocycles. The van der Waals surface area contributed by atoms with Gasteiger partial charge in [0.2, 0.25) is 0 Å². The Bertz CT molecular complexity index is 808. The number of ether oxygens (including phenoxy) is 1. The van der Waals surface area contributed by atoms with Crippen LogP contribution in [0.2, 0.25) is 0 Å². The molecule has 0 saturated carbocycles. The maximum absolute atomic E-state index is 14.0. The van der Waals surface area contributed by atoms with Crippen molar-refractivity contribution in [1.29, 1.82) is 0 Å². The summed E-state index contributed by atoms with van der Waals surface area (Å²) >= 11 is 0. The number of nitrogens with one attached hydrogen (secondary N) is 1. The van der Waals surface area contributed by atoms with Gasteiger partial charge in [-0.2, -0.15) is 0 Å². The minimum atomic E-state index is -0.543. The first kappa shape index (κ1) is 15.3. The van der Waals surface area contributed by atoms with Crippen LogP contribution in [-0.4, -0.2) is 23.0 Å². The number of hydrogen-bond donors (Lipinski definition) is 1. The van der Waals surface area contributed by atoms with Crippen LogP contribution in [0.1, 0.15) is 36.7 Å². The Labute approximate surface area is 132 Å². The molecule has 1 N–H and O–H groups in total. The summed E-state index contributed by atoms with van der Waals surface area (Å²) in [6.07, 6.45) is 3.50. The van der Waals surface area contributed by atoms with Crippen LogP contribution in [0.25, 0.3) is 10.9 Å². The molecule has 120 valence electrons. The molecule has 3 rings (SSSR count). The highest BCUT2D eigenvalue weighted by atomic mass is 19.1. The molecule has 1 aromatic carbocycles. The maximum atomic E-state index is 14.0. The molecule has 0 fully saturated rings. The first-order valence-electron chi connectivity index (χ1n) is 7.57. The summed E-state index contributed by atoms with van der Waals surface area (Å²) in [4.78, 5) is 23.7. The van der Waals surface area contributed by atoms with Crippen LogP contribution >= 0.6 is 0 Å². The van der Waals surface area contributed by atoms with Crippen molar-refractivity contribution in [1.82, 2.24) is 4.68 Å². The normalized spacial score (nSPS) is 14.7. The van der Waals surface area contributed by atoms with Gasteiger partial charge in [0.1, 0.15) is 11.5 Å². The largest absolute Gasteiger partial charge is 0.461 e. The van der Waals surface area contributed by atoms with E-state index in [2.05, 4.69) is 5.43 Å². The number of ketones is 1. The number of carbonyl (C=O) groups is 2. The van der Waals surface area contributed by atoms with Crippen molar-refractivity contribution in [2.75, 3.05) is 12.0 Å². The molecule has 1 aliphatic carbocycles. The van der Waals surface area contributed by atoms with Crippen molar-refractivity contribution in [3.8, 4) is 0 Å². The summed E-state index contributed by atoms with van der Waals surface area (Å²) in [7, 11) is 0. The number of allylic oxidation sites excluding steroid dienone is 2. The number of esters is 1. The lowest BCUT2D eigenvalue weighted by molar-refractivity contribution is -0.115. The molecule has 0 spiro atoms. The predicted octanol–water partition coefficient (Wildman–Crippen LogP) is 3.14. The van der Waals surface area contributed by atoms with Crippen LogP contribution in [0.3, 0.4) is 0 Å². The lowest BCUT2D eigenvalue weighted by Gasteiger charge is -2.18. The monoisotopic (exact) mass is 316 g/mol. The quantitative estimate of drug-likeness (QED) is 0.880. The molecule has 0 bridgehead atoms. The zero-order valence-electron chi connectivity index (χ0n) is 12.8. The number of carbonyl (C=O) groups excluding carboxylic acids is 2. The van der Waals surface area contributed by atoms with E-state index >= 15 is 0 Å². The molecule has 1 aliphatic rings. The van der Waals surface area contributed by atoms with Gasteiger partial charge in [0.25, 0.3) is 0 Å². The fourth-order valence-corrected chi connectivity index (χ4v) is 2.69. The third-order valence-electron chi connectivity index (χ3n) is 3.74. The van der Waals surface area contributed by atoms with E-state index in [-0.39, 0.29) is 18.1 Å². The molecule has 0 unspecified atom stereocenters. The third-order valence-corrected chi connectivity index (χ3v) is 3.74. The number of rotatable bonds is 4. The first-order chi connectivity index (χ1) is 11.1. The van der Waals surface area contributed by atoms with Crippen molar-refractivity contribution in [3.63, 3.8) is 0 Å². The van der Waals surface area contributed by atoms with Crippen LogP contribution in [0.5, 0.6) is 0 Å². The molecule has 0 radical (unpaired) electrons. The smallest absolute Gasteiger partial charge is 0.356 e. The maximum Gasteiger partial charge on any atom is 0.356 e. The Morgan fingerprint density at radius 3 is 2.96 bits per heavy atom. The molecule has 0 amide bonds. The van der Waals surface area contributed by atoms with Crippen molar-refractivity contribution in [2.24, 2.45) is 0 Å². The number of hydrogen-bond acceptors (Lipinski definition) is 4. The van der Waals surface area contributed by atoms with E-state index in [1.54, 1.807) is 19.1 Å². The minimum absolute atomic E-state index is 0.0408. The van der Waals surface area contributed by atoms with Gasteiger partial charge in [0, 0.05) is 23.6 Å². The highest BCUT2D eigenvalue weighted by Gasteiger charge is 2.20. The zero-order valence-corrected chi connectivity index (χ0v) is 12.8. The SMILES string of the molecule is CCOC(=O)c1cc2c(F)cccc2n1NC1=CC(=O)CCC1. The van der Waals surface area contributed by atoms with E-state index in [0.29, 0.717) is 29.4 Å². The average Bonchev–Trinajstić information content (AvgIpc) is 2.88. The Morgan fingerprint density at radius 1 is 1.39 bits per heavy atom. The third kappa shape index (κ3) is 2.97. The van der Waals surface area contributed by atoms with Crippen molar-refractivity contribution in [3.05, 3.63) is 47.5 Å². The first-order valence-corrected chi connectivity index (χ1v) is 7.57. The lowest BCUT2D eigenvalue weighted by Crippen LogP contribution is -2.22. The van der Waals surface area contributed by atoms with Crippen LogP contribution in [0, 0.1) is 5.82 Å². The topological polar surface area (TPSA) is 60.3 Å². The van der Waals surface area contributed by atoms with Gasteiger partial charge in [-0.05, 0) is 38.0 Å². The average molecular weight is 316 g/mol. The molecule has 23 heavy (non-hydrogen) atoms. The zero-order chi connectivity index (χ0) is 16.4. The molecule has 6 heteroatoms. The second-order valence-corrected chi connectivity index (χ2v) is 5.36. The highest BCUT2D eigenvalue weighted by Crippen LogP contribution is 2.24. The van der Waals surface area contributed by atoms with Gasteiger partial charge in [-0.3, -0.25) is 10.2 Å². The second-order valence-electron chi connectivity index (χ2n) is 5.36. The minimum Gasteiger partial charge on any atom is -0.461 e. The van der Waals surface area contributed by atoms with E-state index in [1.165, 1.54) is 22.9 Å². The van der Waals surface area contributed by atoms with E-state index in [0.717, 1.165) is 6.42 Å². The molecular formula is C17H17FN2O3. The number of fused-ring (bicyclic) bond motifs is 1. The standard InChI is InChI=1S/C17H17FN2O3/c1-2-23-17(22)16-10-13-14(18)7-4-8-15(13)20(16)19-11-5-3-6-12(21)9-11/h4,7-10,19H,2-3,5-6H2,1H3. The summed E-state index contributed by atoms with van der Waals surface area (Å²) < 4.78 is 20.5. The summed E-state index contributed by atoms with van der Waals surface area (Å²) in [5.74, 6) is -0.917. The van der Waals surface area contributed by atoms with Crippen LogP contribution < -0.4 is 5.43 Å². The fraction of sp³-hybridized carbons (Fsp3) is 0.294. The second kappa shape index (κ2) is 6.24. The molecule has 2 aromatic rings. The molecular weight excluding hydrogens is 299 g/mol. The van der Waals surface area contributed by atoms with Crippen LogP contribution in [0.15, 0.2) is 36.0 Å². The highest BCUT2D eigenvalue weighted by molar-refractivity contribution is 5.96. The van der Waals surface area contributed by atoms with E-state index in [1.807, 2.05) is 0 Å². The Kier molecular flexibility index (Phi) is 4.14. The van der Waals surface area contributed by atoms with Crippen LogP contribution in [-0.2, 0) is 9.53 Å². The van der Waals surface area contributed by atoms with E-state index in [9.17, 15) is 14.0 Å². The van der Waals surface area contributed by atoms with Gasteiger partial charge >= 0.3 is 5.97 Å². The summed E-state index contributed by atoms with van der Waals surface area (Å²) in [6.45, 7) is 1.94. The molecule has 5 nitrogen and oxygen atoms in total. The predicted molar refractivity (Wildman–Crippen MR) is 84.2 cm³/mol. The summed E-state index contributed by atoms with van der Waals surface area (Å²) in [5, 5.41) is 0.325. The van der Waals surface area contributed by atoms with E-state index in [4.69, 9.17) is 4.74 Å². The van der Waals surface area contributed by atoms with Gasteiger partial charge in [-0.1, -0.05) is 6.07 Å². The van der Waals surface area contributed by atoms with Gasteiger partial charge in [0.15, 0.2) is 5.78 Å². The number of nitrogens with zero attached hydrogens (tertiary/aromatic N) is 1. The van der Waals surface area contributed by atoms with Gasteiger partial charge in [-0.25, -0.2) is 13.9 Å². The van der Waals surface area contributed by atoms with Crippen molar-refractivity contribution < 1.29 is 18.7 Å². The van der Waals surface area contributed by atoms with Gasteiger partial charge in [-0.15, -0.1) is 0 Å².